The molecule has 4 heterocycles. The van der Waals surface area contributed by atoms with Crippen LogP contribution in [0.25, 0.3) is 22.3 Å². The summed E-state index contributed by atoms with van der Waals surface area (Å²) in [4.78, 5) is 20.4. The molecule has 1 atom stereocenters. The van der Waals surface area contributed by atoms with Crippen LogP contribution in [0.15, 0.2) is 22.7 Å². The summed E-state index contributed by atoms with van der Waals surface area (Å²) in [6, 6.07) is 4.36. The molecule has 31 heavy (non-hydrogen) atoms. The Morgan fingerprint density at radius 2 is 2.00 bits per heavy atom. The fraction of sp³-hybridized carbons (Fsp3) is 0.500. The predicted molar refractivity (Wildman–Crippen MR) is 128 cm³/mol. The Morgan fingerprint density at radius 1 is 1.26 bits per heavy atom. The number of rotatable bonds is 4. The Balaban J connectivity index is 0.00000171. The third kappa shape index (κ3) is 4.73. The number of likely N-dealkylation sites (N-methyl/N-ethyl adjacent to an activating group) is 1. The van der Waals surface area contributed by atoms with Gasteiger partial charge in [0, 0.05) is 30.7 Å². The monoisotopic (exact) mass is 467 g/mol. The first kappa shape index (κ1) is 25.2. The maximum absolute atomic E-state index is 13.5. The summed E-state index contributed by atoms with van der Waals surface area (Å²) in [5, 5.41) is 8.64. The highest BCUT2D eigenvalue weighted by atomic mass is 35.5. The molecule has 0 aromatic carbocycles. The van der Waals surface area contributed by atoms with Crippen LogP contribution in [-0.4, -0.2) is 51.8 Å². The van der Waals surface area contributed by atoms with Gasteiger partial charge in [-0.1, -0.05) is 0 Å². The van der Waals surface area contributed by atoms with Crippen molar-refractivity contribution >= 4 is 41.8 Å². The first-order chi connectivity index (χ1) is 13.9. The molecule has 0 bridgehead atoms. The normalized spacial score (nSPS) is 16.3. The molecule has 1 amide bonds. The van der Waals surface area contributed by atoms with Crippen molar-refractivity contribution in [1.29, 1.82) is 0 Å². The van der Waals surface area contributed by atoms with Crippen molar-refractivity contribution in [2.75, 3.05) is 20.1 Å². The van der Waals surface area contributed by atoms with E-state index in [1.165, 1.54) is 0 Å². The van der Waals surface area contributed by atoms with Crippen LogP contribution in [0.2, 0.25) is 0 Å². The number of pyridine rings is 1. The molecule has 4 rings (SSSR count). The lowest BCUT2D eigenvalue weighted by molar-refractivity contribution is 0.0700. The van der Waals surface area contributed by atoms with Gasteiger partial charge in [-0.2, -0.15) is 5.10 Å². The van der Waals surface area contributed by atoms with Gasteiger partial charge in [0.15, 0.2) is 5.65 Å². The molecule has 3 aromatic heterocycles. The quantitative estimate of drug-likeness (QED) is 0.608. The molecule has 3 aromatic rings. The number of piperidine rings is 1. The predicted octanol–water partition coefficient (Wildman–Crippen LogP) is 4.56. The van der Waals surface area contributed by atoms with Crippen LogP contribution in [-0.2, 0) is 0 Å². The second-order valence-corrected chi connectivity index (χ2v) is 8.18. The fourth-order valence-electron chi connectivity index (χ4n) is 4.16. The molecule has 7 nitrogen and oxygen atoms in total. The highest BCUT2D eigenvalue weighted by Gasteiger charge is 2.27. The second kappa shape index (κ2) is 10.0. The van der Waals surface area contributed by atoms with Crippen molar-refractivity contribution in [2.45, 2.75) is 52.6 Å². The molecule has 0 radical (unpaired) electrons. The molecule has 1 unspecified atom stereocenters. The Bertz CT molecular complexity index is 1060. The zero-order chi connectivity index (χ0) is 20.7. The van der Waals surface area contributed by atoms with Crippen LogP contribution in [0, 0.1) is 13.8 Å². The number of aromatic nitrogens is 3. The summed E-state index contributed by atoms with van der Waals surface area (Å²) >= 11 is 0. The zero-order valence-corrected chi connectivity index (χ0v) is 20.3. The lowest BCUT2D eigenvalue weighted by Crippen LogP contribution is -2.47. The molecule has 1 aliphatic heterocycles. The third-order valence-corrected chi connectivity index (χ3v) is 5.72. The van der Waals surface area contributed by atoms with E-state index >= 15 is 0 Å². The van der Waals surface area contributed by atoms with Gasteiger partial charge in [0.05, 0.1) is 22.8 Å². The number of nitrogens with one attached hydrogen (secondary N) is 1. The van der Waals surface area contributed by atoms with E-state index in [0.29, 0.717) is 11.6 Å². The first-order valence-electron chi connectivity index (χ1n) is 10.3. The Hall–Kier alpha value is -2.09. The zero-order valence-electron chi connectivity index (χ0n) is 18.6. The summed E-state index contributed by atoms with van der Waals surface area (Å²) in [7, 11) is 1.96. The summed E-state index contributed by atoms with van der Waals surface area (Å²) < 4.78 is 7.60. The molecule has 1 N–H and O–H groups in total. The van der Waals surface area contributed by atoms with Crippen LogP contribution in [0.1, 0.15) is 54.6 Å². The molecule has 0 spiro atoms. The van der Waals surface area contributed by atoms with E-state index in [1.54, 1.807) is 6.20 Å². The summed E-state index contributed by atoms with van der Waals surface area (Å²) in [5.41, 5.74) is 3.06. The highest BCUT2D eigenvalue weighted by Crippen LogP contribution is 2.31. The van der Waals surface area contributed by atoms with E-state index in [-0.39, 0.29) is 36.8 Å². The van der Waals surface area contributed by atoms with E-state index in [0.717, 1.165) is 59.7 Å². The molecular formula is C22H31Cl2N5O2. The van der Waals surface area contributed by atoms with Crippen LogP contribution in [0.5, 0.6) is 0 Å². The maximum atomic E-state index is 13.5. The number of aryl methyl sites for hydroxylation is 2. The van der Waals surface area contributed by atoms with Crippen LogP contribution in [0.4, 0.5) is 0 Å². The number of hydrogen-bond donors (Lipinski definition) is 1. The number of furan rings is 1. The van der Waals surface area contributed by atoms with Gasteiger partial charge in [0.1, 0.15) is 11.5 Å². The van der Waals surface area contributed by atoms with Gasteiger partial charge in [0.2, 0.25) is 0 Å². The number of hydrogen-bond acceptors (Lipinski definition) is 5. The fourth-order valence-corrected chi connectivity index (χ4v) is 4.16. The van der Waals surface area contributed by atoms with Crippen LogP contribution >= 0.6 is 24.8 Å². The van der Waals surface area contributed by atoms with Crippen molar-refractivity contribution in [2.24, 2.45) is 0 Å². The van der Waals surface area contributed by atoms with Gasteiger partial charge < -0.3 is 14.6 Å². The molecule has 9 heteroatoms. The van der Waals surface area contributed by atoms with Crippen molar-refractivity contribution < 1.29 is 9.21 Å². The van der Waals surface area contributed by atoms with E-state index in [9.17, 15) is 4.79 Å². The SMILES string of the molecule is CNC1CCCN(C(=O)c2cc(-c3cc(C)oc3C)nc3c2cnn3C(C)C)C1.Cl.Cl. The third-order valence-electron chi connectivity index (χ3n) is 5.72. The number of carbonyl (C=O) groups excluding carboxylic acids is 1. The number of nitrogens with zero attached hydrogens (tertiary/aromatic N) is 4. The van der Waals surface area contributed by atoms with Gasteiger partial charge in [0.25, 0.3) is 5.91 Å². The van der Waals surface area contributed by atoms with Gasteiger partial charge in [-0.15, -0.1) is 24.8 Å². The second-order valence-electron chi connectivity index (χ2n) is 8.18. The molecule has 1 fully saturated rings. The first-order valence-corrected chi connectivity index (χ1v) is 10.3. The Morgan fingerprint density at radius 3 is 2.61 bits per heavy atom. The molecule has 170 valence electrons. The van der Waals surface area contributed by atoms with Crippen LogP contribution in [0.3, 0.4) is 0 Å². The van der Waals surface area contributed by atoms with Crippen molar-refractivity contribution in [3.8, 4) is 11.3 Å². The largest absolute Gasteiger partial charge is 0.466 e. The minimum absolute atomic E-state index is 0. The number of amides is 1. The summed E-state index contributed by atoms with van der Waals surface area (Å²) in [6.07, 6.45) is 3.87. The van der Waals surface area contributed by atoms with E-state index in [1.807, 2.05) is 42.6 Å². The van der Waals surface area contributed by atoms with E-state index in [2.05, 4.69) is 24.3 Å². The van der Waals surface area contributed by atoms with Crippen LogP contribution < -0.4 is 5.32 Å². The van der Waals surface area contributed by atoms with E-state index < -0.39 is 0 Å². The van der Waals surface area contributed by atoms with Crippen molar-refractivity contribution in [1.82, 2.24) is 25.0 Å². The maximum Gasteiger partial charge on any atom is 0.254 e. The average Bonchev–Trinajstić information content (AvgIpc) is 3.29. The minimum Gasteiger partial charge on any atom is -0.466 e. The summed E-state index contributed by atoms with van der Waals surface area (Å²) in [5.74, 6) is 1.67. The summed E-state index contributed by atoms with van der Waals surface area (Å²) in [6.45, 7) is 9.48. The Kier molecular flexibility index (Phi) is 8.14. The van der Waals surface area contributed by atoms with Gasteiger partial charge in [-0.05, 0) is 59.7 Å². The number of halogens is 2. The highest BCUT2D eigenvalue weighted by molar-refractivity contribution is 6.06. The molecule has 0 saturated carbocycles. The number of carbonyl (C=O) groups is 1. The lowest BCUT2D eigenvalue weighted by Gasteiger charge is -2.32. The average molecular weight is 468 g/mol. The molecule has 0 aliphatic carbocycles. The molecule has 1 aliphatic rings. The van der Waals surface area contributed by atoms with Crippen molar-refractivity contribution in [3.05, 3.63) is 35.4 Å². The molecular weight excluding hydrogens is 437 g/mol. The Labute approximate surface area is 195 Å². The van der Waals surface area contributed by atoms with Gasteiger partial charge in [-0.3, -0.25) is 4.79 Å². The smallest absolute Gasteiger partial charge is 0.254 e. The number of fused-ring (bicyclic) bond motifs is 1. The lowest BCUT2D eigenvalue weighted by atomic mass is 10.0. The number of likely N-dealkylation sites (tertiary alicyclic amines) is 1. The van der Waals surface area contributed by atoms with Gasteiger partial charge >= 0.3 is 0 Å². The van der Waals surface area contributed by atoms with Gasteiger partial charge in [-0.25, -0.2) is 9.67 Å². The standard InChI is InChI=1S/C22H29N5O2.2ClH/c1-13(2)27-21-19(11-24-27)18(22(28)26-8-6-7-16(12-26)23-5)10-20(25-21)17-9-14(3)29-15(17)4;;/h9-11,13,16,23H,6-8,12H2,1-5H3;2*1H. The molecule has 1 saturated heterocycles. The minimum atomic E-state index is 0. The topological polar surface area (TPSA) is 76.2 Å². The van der Waals surface area contributed by atoms with E-state index in [4.69, 9.17) is 9.40 Å². The van der Waals surface area contributed by atoms with Crippen molar-refractivity contribution in [3.63, 3.8) is 0 Å².